The summed E-state index contributed by atoms with van der Waals surface area (Å²) in [5, 5.41) is 1.59. The summed E-state index contributed by atoms with van der Waals surface area (Å²) in [5.41, 5.74) is 0. The molecule has 60 valence electrons. The van der Waals surface area contributed by atoms with E-state index in [-0.39, 0.29) is 5.82 Å². The molecule has 0 aliphatic carbocycles. The molecule has 0 aromatic heterocycles. The highest BCUT2D eigenvalue weighted by Crippen LogP contribution is 2.21. The molecule has 0 nitrogen and oxygen atoms in total. The summed E-state index contributed by atoms with van der Waals surface area (Å²) in [6.45, 7) is 0. The van der Waals surface area contributed by atoms with E-state index in [1.165, 1.54) is 6.07 Å². The number of benzene rings is 2. The maximum absolute atomic E-state index is 13.1. The second-order valence-electron chi connectivity index (χ2n) is 2.61. The Kier molecular flexibility index (Phi) is 1.85. The Bertz CT molecular complexity index is 423. The van der Waals surface area contributed by atoms with Crippen molar-refractivity contribution in [2.45, 2.75) is 0 Å². The van der Waals surface area contributed by atoms with Crippen LogP contribution in [-0.2, 0) is 0 Å². The molecule has 0 fully saturated rings. The van der Waals surface area contributed by atoms with Crippen molar-refractivity contribution in [2.24, 2.45) is 0 Å². The molecule has 0 aliphatic heterocycles. The number of halogens is 2. The Morgan fingerprint density at radius 3 is 2.75 bits per heavy atom. The fourth-order valence-electron chi connectivity index (χ4n) is 1.22. The summed E-state index contributed by atoms with van der Waals surface area (Å²) in [4.78, 5) is 0. The summed E-state index contributed by atoms with van der Waals surface area (Å²) in [6, 6.07) is 10.6. The van der Waals surface area contributed by atoms with Gasteiger partial charge in [0.2, 0.25) is 0 Å². The SMILES string of the molecule is Fc1cccc2cc(Br)ccc12. The summed E-state index contributed by atoms with van der Waals surface area (Å²) in [5.74, 6) is -0.167. The van der Waals surface area contributed by atoms with E-state index in [0.29, 0.717) is 5.39 Å². The van der Waals surface area contributed by atoms with Crippen LogP contribution in [-0.4, -0.2) is 0 Å². The highest BCUT2D eigenvalue weighted by molar-refractivity contribution is 9.10. The van der Waals surface area contributed by atoms with Crippen LogP contribution >= 0.6 is 15.9 Å². The Labute approximate surface area is 78.1 Å². The van der Waals surface area contributed by atoms with Gasteiger partial charge in [-0.2, -0.15) is 0 Å². The minimum atomic E-state index is -0.167. The molecule has 0 radical (unpaired) electrons. The van der Waals surface area contributed by atoms with Crippen LogP contribution < -0.4 is 0 Å². The molecule has 0 N–H and O–H groups in total. The van der Waals surface area contributed by atoms with E-state index < -0.39 is 0 Å². The van der Waals surface area contributed by atoms with Crippen molar-refractivity contribution in [1.82, 2.24) is 0 Å². The number of hydrogen-bond donors (Lipinski definition) is 0. The fraction of sp³-hybridized carbons (Fsp3) is 0. The van der Waals surface area contributed by atoms with E-state index in [0.717, 1.165) is 9.86 Å². The smallest absolute Gasteiger partial charge is 0.131 e. The molecule has 0 atom stereocenters. The lowest BCUT2D eigenvalue weighted by molar-refractivity contribution is 0.640. The Hall–Kier alpha value is -0.890. The molecule has 0 spiro atoms. The molecule has 12 heavy (non-hydrogen) atoms. The van der Waals surface area contributed by atoms with E-state index in [1.54, 1.807) is 12.1 Å². The zero-order chi connectivity index (χ0) is 8.55. The largest absolute Gasteiger partial charge is 0.206 e. The second kappa shape index (κ2) is 2.87. The lowest BCUT2D eigenvalue weighted by Gasteiger charge is -1.98. The maximum atomic E-state index is 13.1. The summed E-state index contributed by atoms with van der Waals surface area (Å²) < 4.78 is 14.1. The van der Waals surface area contributed by atoms with Gasteiger partial charge in [-0.05, 0) is 23.6 Å². The first-order chi connectivity index (χ1) is 5.77. The van der Waals surface area contributed by atoms with E-state index in [4.69, 9.17) is 0 Å². The molecule has 0 saturated carbocycles. The van der Waals surface area contributed by atoms with Gasteiger partial charge in [-0.15, -0.1) is 0 Å². The van der Waals surface area contributed by atoms with Gasteiger partial charge in [0.25, 0.3) is 0 Å². The second-order valence-corrected chi connectivity index (χ2v) is 3.52. The van der Waals surface area contributed by atoms with Crippen molar-refractivity contribution in [1.29, 1.82) is 0 Å². The van der Waals surface area contributed by atoms with Crippen LogP contribution in [0.25, 0.3) is 10.8 Å². The molecular formula is C10H6BrF. The predicted molar refractivity (Wildman–Crippen MR) is 51.6 cm³/mol. The maximum Gasteiger partial charge on any atom is 0.131 e. The number of hydrogen-bond acceptors (Lipinski definition) is 0. The minimum Gasteiger partial charge on any atom is -0.206 e. The van der Waals surface area contributed by atoms with Gasteiger partial charge in [0.15, 0.2) is 0 Å². The monoisotopic (exact) mass is 224 g/mol. The first kappa shape index (κ1) is 7.74. The third-order valence-corrected chi connectivity index (χ3v) is 2.28. The van der Waals surface area contributed by atoms with Gasteiger partial charge in [-0.1, -0.05) is 34.1 Å². The van der Waals surface area contributed by atoms with E-state index >= 15 is 0 Å². The van der Waals surface area contributed by atoms with Crippen LogP contribution in [0.1, 0.15) is 0 Å². The molecule has 2 aromatic rings. The third kappa shape index (κ3) is 1.23. The van der Waals surface area contributed by atoms with Crippen LogP contribution in [0.2, 0.25) is 0 Å². The molecule has 0 amide bonds. The van der Waals surface area contributed by atoms with Gasteiger partial charge >= 0.3 is 0 Å². The van der Waals surface area contributed by atoms with Crippen LogP contribution in [0.5, 0.6) is 0 Å². The average Bonchev–Trinajstić information content (AvgIpc) is 2.04. The standard InChI is InChI=1S/C10H6BrF/c11-8-4-5-9-7(6-8)2-1-3-10(9)12/h1-6H. The third-order valence-electron chi connectivity index (χ3n) is 1.79. The molecule has 0 saturated heterocycles. The number of fused-ring (bicyclic) bond motifs is 1. The Balaban J connectivity index is 2.86. The van der Waals surface area contributed by atoms with Gasteiger partial charge in [-0.3, -0.25) is 0 Å². The quantitative estimate of drug-likeness (QED) is 0.640. The van der Waals surface area contributed by atoms with E-state index in [9.17, 15) is 4.39 Å². The summed E-state index contributed by atoms with van der Waals surface area (Å²) >= 11 is 3.33. The molecular weight excluding hydrogens is 219 g/mol. The van der Waals surface area contributed by atoms with Crippen molar-refractivity contribution >= 4 is 26.7 Å². The molecule has 2 aromatic carbocycles. The van der Waals surface area contributed by atoms with E-state index in [1.807, 2.05) is 18.2 Å². The molecule has 0 unspecified atom stereocenters. The summed E-state index contributed by atoms with van der Waals surface area (Å²) in [6.07, 6.45) is 0. The molecule has 0 heterocycles. The van der Waals surface area contributed by atoms with Crippen molar-refractivity contribution in [3.8, 4) is 0 Å². The van der Waals surface area contributed by atoms with Crippen LogP contribution in [0.15, 0.2) is 40.9 Å². The van der Waals surface area contributed by atoms with E-state index in [2.05, 4.69) is 15.9 Å². The summed E-state index contributed by atoms with van der Waals surface area (Å²) in [7, 11) is 0. The normalized spacial score (nSPS) is 10.5. The highest BCUT2D eigenvalue weighted by atomic mass is 79.9. The molecule has 0 aliphatic rings. The fourth-order valence-corrected chi connectivity index (χ4v) is 1.59. The van der Waals surface area contributed by atoms with Gasteiger partial charge < -0.3 is 0 Å². The average molecular weight is 225 g/mol. The highest BCUT2D eigenvalue weighted by Gasteiger charge is 1.98. The molecule has 2 heteroatoms. The Morgan fingerprint density at radius 1 is 1.08 bits per heavy atom. The topological polar surface area (TPSA) is 0 Å². The zero-order valence-electron chi connectivity index (χ0n) is 6.22. The van der Waals surface area contributed by atoms with Crippen molar-refractivity contribution in [3.63, 3.8) is 0 Å². The van der Waals surface area contributed by atoms with Crippen molar-refractivity contribution < 1.29 is 4.39 Å². The van der Waals surface area contributed by atoms with Crippen molar-refractivity contribution in [2.75, 3.05) is 0 Å². The van der Waals surface area contributed by atoms with Crippen LogP contribution in [0.3, 0.4) is 0 Å². The molecule has 0 bridgehead atoms. The Morgan fingerprint density at radius 2 is 1.92 bits per heavy atom. The first-order valence-corrected chi connectivity index (χ1v) is 4.40. The van der Waals surface area contributed by atoms with Crippen molar-refractivity contribution in [3.05, 3.63) is 46.7 Å². The molecule has 2 rings (SSSR count). The van der Waals surface area contributed by atoms with Crippen LogP contribution in [0, 0.1) is 5.82 Å². The lowest BCUT2D eigenvalue weighted by Crippen LogP contribution is -1.77. The van der Waals surface area contributed by atoms with Gasteiger partial charge in [0.05, 0.1) is 0 Å². The predicted octanol–water partition coefficient (Wildman–Crippen LogP) is 3.74. The van der Waals surface area contributed by atoms with Gasteiger partial charge in [0.1, 0.15) is 5.82 Å². The number of rotatable bonds is 0. The lowest BCUT2D eigenvalue weighted by atomic mass is 10.1. The minimum absolute atomic E-state index is 0.167. The van der Waals surface area contributed by atoms with Gasteiger partial charge in [-0.25, -0.2) is 4.39 Å². The van der Waals surface area contributed by atoms with Crippen LogP contribution in [0.4, 0.5) is 4.39 Å². The zero-order valence-corrected chi connectivity index (χ0v) is 7.81. The first-order valence-electron chi connectivity index (χ1n) is 3.61. The van der Waals surface area contributed by atoms with Gasteiger partial charge in [0, 0.05) is 9.86 Å².